The minimum absolute atomic E-state index is 0.0848. The van der Waals surface area contributed by atoms with Gasteiger partial charge in [0.25, 0.3) is 0 Å². The van der Waals surface area contributed by atoms with Gasteiger partial charge in [-0.3, -0.25) is 0 Å². The minimum atomic E-state index is -2.87. The standard InChI is InChI=1S/C23H25N3O6S.C7H8/c1-6-32-23(27)21-20(25-33(28)29)22(19-17(30-4)12-9-13-18(19)31-5)26(24-21)16-11-8-7-10-15(16)14(2)3;1-7-5-3-2-4-6-7/h7-14H,6H2,1-5H3;2-6H,1H3. The Kier molecular flexibility index (Phi) is 10.6. The van der Waals surface area contributed by atoms with Crippen LogP contribution in [-0.4, -0.2) is 45.0 Å². The van der Waals surface area contributed by atoms with Crippen LogP contribution < -0.4 is 9.47 Å². The van der Waals surface area contributed by atoms with Crippen molar-refractivity contribution in [2.24, 2.45) is 4.36 Å². The van der Waals surface area contributed by atoms with Crippen molar-refractivity contribution in [1.82, 2.24) is 9.78 Å². The highest BCUT2D eigenvalue weighted by Gasteiger charge is 2.31. The SMILES string of the molecule is CCOC(=O)c1nn(-c2ccccc2C(C)C)c(-c2c(OC)cccc2OC)c1N=S(=O)=O.Cc1ccccc1. The van der Waals surface area contributed by atoms with E-state index < -0.39 is 16.5 Å². The number of benzene rings is 3. The first-order valence-corrected chi connectivity index (χ1v) is 13.7. The van der Waals surface area contributed by atoms with Crippen LogP contribution in [0.15, 0.2) is 77.2 Å². The van der Waals surface area contributed by atoms with Gasteiger partial charge in [-0.15, -0.1) is 4.36 Å². The van der Waals surface area contributed by atoms with Crippen molar-refractivity contribution in [2.75, 3.05) is 20.8 Å². The second-order valence-corrected chi connectivity index (χ2v) is 9.51. The number of nitrogens with zero attached hydrogens (tertiary/aromatic N) is 3. The first-order chi connectivity index (χ1) is 19.2. The van der Waals surface area contributed by atoms with E-state index in [2.05, 4.69) is 28.5 Å². The third-order valence-electron chi connectivity index (χ3n) is 5.89. The summed E-state index contributed by atoms with van der Waals surface area (Å²) in [6.45, 7) is 7.86. The van der Waals surface area contributed by atoms with Crippen LogP contribution in [0.1, 0.15) is 48.3 Å². The number of rotatable bonds is 8. The summed E-state index contributed by atoms with van der Waals surface area (Å²) in [6.07, 6.45) is 0. The molecule has 210 valence electrons. The van der Waals surface area contributed by atoms with Crippen LogP contribution in [0.5, 0.6) is 11.5 Å². The number of carbonyl (C=O) groups is 1. The molecule has 0 aliphatic rings. The molecule has 0 aliphatic heterocycles. The zero-order chi connectivity index (χ0) is 29.2. The molecule has 9 nitrogen and oxygen atoms in total. The summed E-state index contributed by atoms with van der Waals surface area (Å²) in [5, 5.41) is 4.49. The van der Waals surface area contributed by atoms with Gasteiger partial charge in [0.2, 0.25) is 0 Å². The van der Waals surface area contributed by atoms with Gasteiger partial charge in [0.05, 0.1) is 32.1 Å². The van der Waals surface area contributed by atoms with Gasteiger partial charge in [-0.05, 0) is 43.5 Å². The minimum Gasteiger partial charge on any atom is -0.496 e. The van der Waals surface area contributed by atoms with Gasteiger partial charge < -0.3 is 14.2 Å². The Morgan fingerprint density at radius 2 is 1.52 bits per heavy atom. The Balaban J connectivity index is 0.000000547. The van der Waals surface area contributed by atoms with Gasteiger partial charge in [-0.1, -0.05) is 74.0 Å². The Hall–Kier alpha value is -4.44. The molecular weight excluding hydrogens is 530 g/mol. The number of esters is 1. The molecule has 0 amide bonds. The highest BCUT2D eigenvalue weighted by molar-refractivity contribution is 7.61. The molecule has 0 aliphatic carbocycles. The topological polar surface area (TPSA) is 109 Å². The predicted octanol–water partition coefficient (Wildman–Crippen LogP) is 6.55. The molecule has 0 saturated heterocycles. The highest BCUT2D eigenvalue weighted by atomic mass is 32.2. The molecule has 3 aromatic carbocycles. The number of carbonyl (C=O) groups excluding carboxylic acids is 1. The molecule has 0 N–H and O–H groups in total. The van der Waals surface area contributed by atoms with Crippen LogP contribution in [0.4, 0.5) is 5.69 Å². The number of ether oxygens (including phenoxy) is 3. The van der Waals surface area contributed by atoms with Gasteiger partial charge in [0.1, 0.15) is 22.9 Å². The van der Waals surface area contributed by atoms with Gasteiger partial charge >= 0.3 is 16.5 Å². The number of para-hydroxylation sites is 1. The fraction of sp³-hybridized carbons (Fsp3) is 0.267. The Morgan fingerprint density at radius 3 is 2.02 bits per heavy atom. The van der Waals surface area contributed by atoms with Gasteiger partial charge in [-0.2, -0.15) is 13.5 Å². The Labute approximate surface area is 236 Å². The van der Waals surface area contributed by atoms with Crippen molar-refractivity contribution in [1.29, 1.82) is 0 Å². The summed E-state index contributed by atoms with van der Waals surface area (Å²) in [5.41, 5.74) is 3.13. The van der Waals surface area contributed by atoms with E-state index in [9.17, 15) is 13.2 Å². The molecule has 1 aromatic heterocycles. The van der Waals surface area contributed by atoms with Crippen LogP contribution in [0.2, 0.25) is 0 Å². The molecule has 0 fully saturated rings. The summed E-state index contributed by atoms with van der Waals surface area (Å²) >= 11 is 0. The smallest absolute Gasteiger partial charge is 0.361 e. The van der Waals surface area contributed by atoms with Gasteiger partial charge in [0.15, 0.2) is 5.69 Å². The maximum Gasteiger partial charge on any atom is 0.361 e. The summed E-state index contributed by atoms with van der Waals surface area (Å²) in [6, 6.07) is 22.9. The van der Waals surface area contributed by atoms with Crippen molar-refractivity contribution >= 4 is 22.2 Å². The lowest BCUT2D eigenvalue weighted by molar-refractivity contribution is 0.0520. The maximum absolute atomic E-state index is 12.8. The van der Waals surface area contributed by atoms with E-state index in [0.29, 0.717) is 22.7 Å². The highest BCUT2D eigenvalue weighted by Crippen LogP contribution is 2.46. The molecule has 10 heteroatoms. The summed E-state index contributed by atoms with van der Waals surface area (Å²) < 4.78 is 44.9. The molecule has 4 rings (SSSR count). The van der Waals surface area contributed by atoms with Crippen LogP contribution >= 0.6 is 0 Å². The van der Waals surface area contributed by atoms with Gasteiger partial charge in [0, 0.05) is 0 Å². The zero-order valence-electron chi connectivity index (χ0n) is 23.4. The number of methoxy groups -OCH3 is 2. The average Bonchev–Trinajstić information content (AvgIpc) is 3.31. The van der Waals surface area contributed by atoms with Crippen molar-refractivity contribution in [3.05, 3.63) is 89.6 Å². The second-order valence-electron chi connectivity index (χ2n) is 8.89. The fourth-order valence-corrected chi connectivity index (χ4v) is 4.42. The van der Waals surface area contributed by atoms with E-state index in [1.165, 1.54) is 24.5 Å². The lowest BCUT2D eigenvalue weighted by Crippen LogP contribution is -2.08. The molecule has 0 unspecified atom stereocenters. The quantitative estimate of drug-likeness (QED) is 0.224. The van der Waals surface area contributed by atoms with E-state index in [1.807, 2.05) is 56.3 Å². The van der Waals surface area contributed by atoms with Crippen molar-refractivity contribution in [2.45, 2.75) is 33.6 Å². The van der Waals surface area contributed by atoms with E-state index in [1.54, 1.807) is 25.1 Å². The van der Waals surface area contributed by atoms with E-state index in [4.69, 9.17) is 14.2 Å². The van der Waals surface area contributed by atoms with Gasteiger partial charge in [-0.25, -0.2) is 9.48 Å². The first kappa shape index (κ1) is 30.1. The molecule has 4 aromatic rings. The van der Waals surface area contributed by atoms with Crippen LogP contribution in [0, 0.1) is 6.92 Å². The molecule has 0 radical (unpaired) electrons. The molecule has 1 heterocycles. The lowest BCUT2D eigenvalue weighted by Gasteiger charge is -2.18. The monoisotopic (exact) mass is 563 g/mol. The predicted molar refractivity (Wildman–Crippen MR) is 154 cm³/mol. The Bertz CT molecular complexity index is 1560. The third kappa shape index (κ3) is 6.95. The molecule has 0 bridgehead atoms. The van der Waals surface area contributed by atoms with Crippen LogP contribution in [0.3, 0.4) is 0 Å². The molecular formula is C30H33N3O6S. The lowest BCUT2D eigenvalue weighted by atomic mass is 10.0. The molecule has 0 atom stereocenters. The second kappa shape index (κ2) is 14.1. The number of hydrogen-bond acceptors (Lipinski definition) is 8. The fourth-order valence-electron chi connectivity index (χ4n) is 4.09. The summed E-state index contributed by atoms with van der Waals surface area (Å²) in [5.74, 6) is 0.0950. The first-order valence-electron chi connectivity index (χ1n) is 12.7. The molecule has 0 saturated carbocycles. The van der Waals surface area contributed by atoms with Crippen molar-refractivity contribution < 1.29 is 27.4 Å². The Morgan fingerprint density at radius 1 is 0.925 bits per heavy atom. The maximum atomic E-state index is 12.8. The molecule has 0 spiro atoms. The molecule has 40 heavy (non-hydrogen) atoms. The normalized spacial score (nSPS) is 10.4. The zero-order valence-corrected chi connectivity index (χ0v) is 24.2. The number of aryl methyl sites for hydroxylation is 1. The van der Waals surface area contributed by atoms with E-state index in [0.717, 1.165) is 5.56 Å². The van der Waals surface area contributed by atoms with Crippen molar-refractivity contribution in [3.63, 3.8) is 0 Å². The van der Waals surface area contributed by atoms with Crippen molar-refractivity contribution in [3.8, 4) is 28.4 Å². The van der Waals surface area contributed by atoms with Crippen LogP contribution in [0.25, 0.3) is 16.9 Å². The largest absolute Gasteiger partial charge is 0.496 e. The average molecular weight is 564 g/mol. The number of hydrogen-bond donors (Lipinski definition) is 0. The van der Waals surface area contributed by atoms with E-state index >= 15 is 0 Å². The summed E-state index contributed by atoms with van der Waals surface area (Å²) in [4.78, 5) is 12.8. The third-order valence-corrected chi connectivity index (χ3v) is 6.22. The summed E-state index contributed by atoms with van der Waals surface area (Å²) in [7, 11) is 0.0906. The number of aromatic nitrogens is 2. The van der Waals surface area contributed by atoms with E-state index in [-0.39, 0.29) is 29.6 Å². The van der Waals surface area contributed by atoms with Crippen LogP contribution in [-0.2, 0) is 15.2 Å².